The quantitative estimate of drug-likeness (QED) is 0.775. The Balaban J connectivity index is 0.00000225. The van der Waals surface area contributed by atoms with Gasteiger partial charge in [0.25, 0.3) is 0 Å². The summed E-state index contributed by atoms with van der Waals surface area (Å²) in [6, 6.07) is 6.64. The summed E-state index contributed by atoms with van der Waals surface area (Å²) in [5.41, 5.74) is 0. The molecule has 6 nitrogen and oxygen atoms in total. The van der Waals surface area contributed by atoms with Gasteiger partial charge in [-0.25, -0.2) is 13.2 Å². The highest BCUT2D eigenvalue weighted by Crippen LogP contribution is 2.30. The van der Waals surface area contributed by atoms with Crippen LogP contribution in [0.4, 0.5) is 0 Å². The van der Waals surface area contributed by atoms with Gasteiger partial charge in [0, 0.05) is 24.3 Å². The SMILES string of the molecule is CCOC(=O)c1cc2cc(S(=O)(=O)N(C)C3CCNC3)ccc2s1.Cl. The van der Waals surface area contributed by atoms with Crippen LogP contribution in [-0.4, -0.2) is 51.5 Å². The first-order chi connectivity index (χ1) is 11.4. The largest absolute Gasteiger partial charge is 0.462 e. The van der Waals surface area contributed by atoms with E-state index in [1.807, 2.05) is 0 Å². The Labute approximate surface area is 157 Å². The molecule has 0 bridgehead atoms. The number of fused-ring (bicyclic) bond motifs is 1. The monoisotopic (exact) mass is 404 g/mol. The molecular formula is C16H21ClN2O4S2. The maximum absolute atomic E-state index is 12.8. The number of rotatable bonds is 5. The lowest BCUT2D eigenvalue weighted by Crippen LogP contribution is -2.38. The molecule has 1 N–H and O–H groups in total. The zero-order valence-corrected chi connectivity index (χ0v) is 16.5. The van der Waals surface area contributed by atoms with Crippen LogP contribution in [0.2, 0.25) is 0 Å². The number of halogens is 1. The van der Waals surface area contributed by atoms with Gasteiger partial charge in [0.1, 0.15) is 4.88 Å². The predicted octanol–water partition coefficient (Wildman–Crippen LogP) is 2.48. The number of esters is 1. The minimum absolute atomic E-state index is 0. The number of nitrogens with zero attached hydrogens (tertiary/aromatic N) is 1. The number of thiophene rings is 1. The maximum atomic E-state index is 12.8. The summed E-state index contributed by atoms with van der Waals surface area (Å²) in [5, 5.41) is 3.92. The van der Waals surface area contributed by atoms with E-state index in [4.69, 9.17) is 4.74 Å². The first kappa shape index (κ1) is 20.1. The average molecular weight is 405 g/mol. The molecule has 0 aliphatic carbocycles. The Bertz CT molecular complexity index is 860. The molecule has 1 aliphatic rings. The Hall–Kier alpha value is -1.19. The average Bonchev–Trinajstić information content (AvgIpc) is 3.22. The van der Waals surface area contributed by atoms with Crippen molar-refractivity contribution in [3.8, 4) is 0 Å². The fraction of sp³-hybridized carbons (Fsp3) is 0.438. The van der Waals surface area contributed by atoms with E-state index in [2.05, 4.69) is 5.32 Å². The van der Waals surface area contributed by atoms with E-state index in [0.29, 0.717) is 18.0 Å². The number of carbonyl (C=O) groups excluding carboxylic acids is 1. The van der Waals surface area contributed by atoms with E-state index < -0.39 is 10.0 Å². The van der Waals surface area contributed by atoms with Crippen molar-refractivity contribution in [1.82, 2.24) is 9.62 Å². The van der Waals surface area contributed by atoms with Crippen LogP contribution in [0.5, 0.6) is 0 Å². The summed E-state index contributed by atoms with van der Waals surface area (Å²) < 4.78 is 32.9. The molecule has 1 aromatic carbocycles. The van der Waals surface area contributed by atoms with Gasteiger partial charge in [-0.3, -0.25) is 0 Å². The van der Waals surface area contributed by atoms with Crippen LogP contribution in [0.15, 0.2) is 29.2 Å². The highest BCUT2D eigenvalue weighted by molar-refractivity contribution is 7.89. The summed E-state index contributed by atoms with van der Waals surface area (Å²) in [4.78, 5) is 12.6. The van der Waals surface area contributed by atoms with Gasteiger partial charge in [0.15, 0.2) is 0 Å². The normalized spacial score (nSPS) is 17.6. The maximum Gasteiger partial charge on any atom is 0.348 e. The molecule has 0 radical (unpaired) electrons. The van der Waals surface area contributed by atoms with E-state index in [-0.39, 0.29) is 29.3 Å². The highest BCUT2D eigenvalue weighted by atomic mass is 35.5. The molecule has 1 saturated heterocycles. The third-order valence-electron chi connectivity index (χ3n) is 4.19. The standard InChI is InChI=1S/C16H20N2O4S2.ClH/c1-3-22-16(19)15-9-11-8-13(4-5-14(11)23-15)24(20,21)18(2)12-6-7-17-10-12;/h4-5,8-9,12,17H,3,6-7,10H2,1-2H3;1H. The molecule has 1 aliphatic heterocycles. The van der Waals surface area contributed by atoms with Crippen molar-refractivity contribution in [3.05, 3.63) is 29.1 Å². The van der Waals surface area contributed by atoms with E-state index in [1.54, 1.807) is 38.2 Å². The number of hydrogen-bond acceptors (Lipinski definition) is 6. The Kier molecular flexibility index (Phi) is 6.45. The number of nitrogens with one attached hydrogen (secondary N) is 1. The molecule has 1 aromatic heterocycles. The topological polar surface area (TPSA) is 75.7 Å². The molecule has 1 fully saturated rings. The van der Waals surface area contributed by atoms with Crippen molar-refractivity contribution in [2.24, 2.45) is 0 Å². The minimum atomic E-state index is -3.55. The Morgan fingerprint density at radius 3 is 2.80 bits per heavy atom. The molecule has 0 saturated carbocycles. The summed E-state index contributed by atoms with van der Waals surface area (Å²) in [6.45, 7) is 3.57. The molecule has 138 valence electrons. The molecule has 9 heteroatoms. The zero-order chi connectivity index (χ0) is 17.3. The van der Waals surface area contributed by atoms with Gasteiger partial charge in [0.2, 0.25) is 10.0 Å². The van der Waals surface area contributed by atoms with Crippen LogP contribution in [0.3, 0.4) is 0 Å². The van der Waals surface area contributed by atoms with Gasteiger partial charge in [0.05, 0.1) is 11.5 Å². The lowest BCUT2D eigenvalue weighted by molar-refractivity contribution is 0.0532. The summed E-state index contributed by atoms with van der Waals surface area (Å²) >= 11 is 1.31. The molecule has 2 heterocycles. The van der Waals surface area contributed by atoms with Crippen molar-refractivity contribution < 1.29 is 17.9 Å². The molecule has 1 atom stereocenters. The first-order valence-electron chi connectivity index (χ1n) is 7.83. The van der Waals surface area contributed by atoms with Gasteiger partial charge in [-0.05, 0) is 49.5 Å². The van der Waals surface area contributed by atoms with Gasteiger partial charge in [-0.1, -0.05) is 0 Å². The number of benzene rings is 1. The van der Waals surface area contributed by atoms with Crippen molar-refractivity contribution in [1.29, 1.82) is 0 Å². The summed E-state index contributed by atoms with van der Waals surface area (Å²) in [6.07, 6.45) is 0.809. The van der Waals surface area contributed by atoms with E-state index >= 15 is 0 Å². The van der Waals surface area contributed by atoms with Crippen LogP contribution in [0.25, 0.3) is 10.1 Å². The summed E-state index contributed by atoms with van der Waals surface area (Å²) in [7, 11) is -1.93. The molecule has 2 aromatic rings. The fourth-order valence-corrected chi connectivity index (χ4v) is 5.15. The van der Waals surface area contributed by atoms with Crippen molar-refractivity contribution >= 4 is 49.8 Å². The number of ether oxygens (including phenoxy) is 1. The molecular weight excluding hydrogens is 384 g/mol. The van der Waals surface area contributed by atoms with Gasteiger partial charge >= 0.3 is 5.97 Å². The second-order valence-electron chi connectivity index (χ2n) is 5.70. The number of hydrogen-bond donors (Lipinski definition) is 1. The number of likely N-dealkylation sites (N-methyl/N-ethyl adjacent to an activating group) is 1. The lowest BCUT2D eigenvalue weighted by atomic mass is 10.2. The van der Waals surface area contributed by atoms with Crippen LogP contribution < -0.4 is 5.32 Å². The molecule has 1 unspecified atom stereocenters. The smallest absolute Gasteiger partial charge is 0.348 e. The number of sulfonamides is 1. The van der Waals surface area contributed by atoms with Crippen LogP contribution in [0.1, 0.15) is 23.0 Å². The van der Waals surface area contributed by atoms with Gasteiger partial charge < -0.3 is 10.1 Å². The second kappa shape index (κ2) is 8.01. The van der Waals surface area contributed by atoms with E-state index in [9.17, 15) is 13.2 Å². The van der Waals surface area contributed by atoms with E-state index in [0.717, 1.165) is 23.1 Å². The third kappa shape index (κ3) is 3.98. The molecule has 0 amide bonds. The van der Waals surface area contributed by atoms with Gasteiger partial charge in [-0.15, -0.1) is 23.7 Å². The highest BCUT2D eigenvalue weighted by Gasteiger charge is 2.30. The second-order valence-corrected chi connectivity index (χ2v) is 8.78. The zero-order valence-electron chi connectivity index (χ0n) is 14.0. The van der Waals surface area contributed by atoms with Crippen LogP contribution in [-0.2, 0) is 14.8 Å². The van der Waals surface area contributed by atoms with Crippen molar-refractivity contribution in [3.63, 3.8) is 0 Å². The van der Waals surface area contributed by atoms with Crippen LogP contribution in [0, 0.1) is 0 Å². The minimum Gasteiger partial charge on any atom is -0.462 e. The van der Waals surface area contributed by atoms with E-state index in [1.165, 1.54) is 15.6 Å². The van der Waals surface area contributed by atoms with Gasteiger partial charge in [-0.2, -0.15) is 4.31 Å². The predicted molar refractivity (Wildman–Crippen MR) is 101 cm³/mol. The van der Waals surface area contributed by atoms with Crippen LogP contribution >= 0.6 is 23.7 Å². The molecule has 3 rings (SSSR count). The Morgan fingerprint density at radius 1 is 1.40 bits per heavy atom. The Morgan fingerprint density at radius 2 is 2.16 bits per heavy atom. The lowest BCUT2D eigenvalue weighted by Gasteiger charge is -2.23. The van der Waals surface area contributed by atoms with Crippen molar-refractivity contribution in [2.45, 2.75) is 24.3 Å². The number of carbonyl (C=O) groups is 1. The molecule has 0 spiro atoms. The third-order valence-corrected chi connectivity index (χ3v) is 7.19. The fourth-order valence-electron chi connectivity index (χ4n) is 2.80. The summed E-state index contributed by atoms with van der Waals surface area (Å²) in [5.74, 6) is -0.378. The first-order valence-corrected chi connectivity index (χ1v) is 10.1. The molecule has 25 heavy (non-hydrogen) atoms. The van der Waals surface area contributed by atoms with Crippen molar-refractivity contribution in [2.75, 3.05) is 26.7 Å².